The third-order valence-electron chi connectivity index (χ3n) is 4.66. The molecule has 0 amide bonds. The van der Waals surface area contributed by atoms with Gasteiger partial charge in [-0.1, -0.05) is 17.3 Å². The van der Waals surface area contributed by atoms with Crippen LogP contribution < -0.4 is 5.56 Å². The van der Waals surface area contributed by atoms with Crippen LogP contribution in [-0.2, 0) is 13.1 Å². The van der Waals surface area contributed by atoms with Crippen molar-refractivity contribution in [2.24, 2.45) is 0 Å². The van der Waals surface area contributed by atoms with E-state index in [-0.39, 0.29) is 12.1 Å². The summed E-state index contributed by atoms with van der Waals surface area (Å²) in [6.07, 6.45) is 0.920. The summed E-state index contributed by atoms with van der Waals surface area (Å²) < 4.78 is 3.10. The lowest BCUT2D eigenvalue weighted by molar-refractivity contribution is 0.128. The van der Waals surface area contributed by atoms with Gasteiger partial charge in [0.15, 0.2) is 0 Å². The SMILES string of the molecule is Cc1cc2ncn(CC(O)Cn3nnc4ccccc4c3=O)c2cc1C. The van der Waals surface area contributed by atoms with Gasteiger partial charge in [-0.2, -0.15) is 0 Å². The fraction of sp³-hybridized carbons (Fsp3) is 0.263. The summed E-state index contributed by atoms with van der Waals surface area (Å²) in [6.45, 7) is 4.49. The number of aryl methyl sites for hydroxylation is 2. The van der Waals surface area contributed by atoms with Gasteiger partial charge in [0.05, 0.1) is 41.9 Å². The number of nitrogens with zero attached hydrogens (tertiary/aromatic N) is 5. The van der Waals surface area contributed by atoms with E-state index in [1.807, 2.05) is 30.5 Å². The molecule has 2 heterocycles. The minimum atomic E-state index is -0.790. The Hall–Kier alpha value is -3.06. The lowest BCUT2D eigenvalue weighted by atomic mass is 10.1. The Morgan fingerprint density at radius 2 is 1.85 bits per heavy atom. The standard InChI is InChI=1S/C19H19N5O2/c1-12-7-17-18(8-13(12)2)23(11-20-17)9-14(25)10-24-19(26)15-5-3-4-6-16(15)21-22-24/h3-8,11,14,25H,9-10H2,1-2H3. The smallest absolute Gasteiger partial charge is 0.277 e. The Labute approximate surface area is 149 Å². The molecule has 0 radical (unpaired) electrons. The monoisotopic (exact) mass is 349 g/mol. The highest BCUT2D eigenvalue weighted by molar-refractivity contribution is 5.77. The van der Waals surface area contributed by atoms with Crippen molar-refractivity contribution in [3.63, 3.8) is 0 Å². The van der Waals surface area contributed by atoms with Gasteiger partial charge < -0.3 is 9.67 Å². The van der Waals surface area contributed by atoms with Gasteiger partial charge in [0, 0.05) is 0 Å². The zero-order chi connectivity index (χ0) is 18.3. The van der Waals surface area contributed by atoms with Crippen LogP contribution in [-0.4, -0.2) is 35.8 Å². The van der Waals surface area contributed by atoms with Crippen molar-refractivity contribution < 1.29 is 5.11 Å². The van der Waals surface area contributed by atoms with E-state index in [0.717, 1.165) is 11.0 Å². The third kappa shape index (κ3) is 2.86. The second kappa shape index (κ2) is 6.34. The number of hydrogen-bond donors (Lipinski definition) is 1. The van der Waals surface area contributed by atoms with Crippen molar-refractivity contribution in [1.82, 2.24) is 24.5 Å². The predicted molar refractivity (Wildman–Crippen MR) is 99.0 cm³/mol. The highest BCUT2D eigenvalue weighted by Crippen LogP contribution is 2.18. The number of imidazole rings is 1. The van der Waals surface area contributed by atoms with Crippen LogP contribution in [0.3, 0.4) is 0 Å². The molecule has 132 valence electrons. The minimum Gasteiger partial charge on any atom is -0.389 e. The molecule has 1 unspecified atom stereocenters. The molecule has 0 aliphatic rings. The first-order valence-corrected chi connectivity index (χ1v) is 8.45. The van der Waals surface area contributed by atoms with E-state index < -0.39 is 6.10 Å². The van der Waals surface area contributed by atoms with Crippen LogP contribution in [0.4, 0.5) is 0 Å². The summed E-state index contributed by atoms with van der Waals surface area (Å²) in [7, 11) is 0. The number of benzene rings is 2. The molecule has 1 N–H and O–H groups in total. The first-order valence-electron chi connectivity index (χ1n) is 8.45. The molecule has 1 atom stereocenters. The van der Waals surface area contributed by atoms with E-state index in [9.17, 15) is 9.90 Å². The molecule has 0 aliphatic carbocycles. The largest absolute Gasteiger partial charge is 0.389 e. The maximum absolute atomic E-state index is 12.5. The van der Waals surface area contributed by atoms with Crippen molar-refractivity contribution in [2.45, 2.75) is 33.0 Å². The molecule has 26 heavy (non-hydrogen) atoms. The normalized spacial score (nSPS) is 12.7. The van der Waals surface area contributed by atoms with Crippen LogP contribution in [0.25, 0.3) is 21.9 Å². The van der Waals surface area contributed by atoms with Gasteiger partial charge in [-0.25, -0.2) is 9.67 Å². The van der Waals surface area contributed by atoms with Crippen LogP contribution >= 0.6 is 0 Å². The van der Waals surface area contributed by atoms with E-state index in [4.69, 9.17) is 0 Å². The molecule has 0 spiro atoms. The average Bonchev–Trinajstić information content (AvgIpc) is 3.00. The van der Waals surface area contributed by atoms with Gasteiger partial charge in [0.1, 0.15) is 5.52 Å². The minimum absolute atomic E-state index is 0.0706. The van der Waals surface area contributed by atoms with Crippen LogP contribution in [0.5, 0.6) is 0 Å². The van der Waals surface area contributed by atoms with Crippen LogP contribution in [0, 0.1) is 13.8 Å². The van der Waals surface area contributed by atoms with E-state index in [1.165, 1.54) is 15.8 Å². The van der Waals surface area contributed by atoms with E-state index in [0.29, 0.717) is 17.4 Å². The van der Waals surface area contributed by atoms with Crippen LogP contribution in [0.15, 0.2) is 47.5 Å². The van der Waals surface area contributed by atoms with E-state index >= 15 is 0 Å². The molecule has 7 heteroatoms. The third-order valence-corrected chi connectivity index (χ3v) is 4.66. The molecule has 0 fully saturated rings. The number of fused-ring (bicyclic) bond motifs is 2. The molecular weight excluding hydrogens is 330 g/mol. The van der Waals surface area contributed by atoms with E-state index in [2.05, 4.69) is 21.4 Å². The highest BCUT2D eigenvalue weighted by atomic mass is 16.3. The number of rotatable bonds is 4. The van der Waals surface area contributed by atoms with Crippen LogP contribution in [0.1, 0.15) is 11.1 Å². The van der Waals surface area contributed by atoms with Crippen molar-refractivity contribution in [1.29, 1.82) is 0 Å². The second-order valence-electron chi connectivity index (χ2n) is 6.57. The quantitative estimate of drug-likeness (QED) is 0.607. The lowest BCUT2D eigenvalue weighted by Crippen LogP contribution is -2.31. The maximum Gasteiger partial charge on any atom is 0.277 e. The summed E-state index contributed by atoms with van der Waals surface area (Å²) in [4.78, 5) is 16.9. The predicted octanol–water partition coefficient (Wildman–Crippen LogP) is 1.82. The molecule has 2 aromatic carbocycles. The van der Waals surface area contributed by atoms with Gasteiger partial charge >= 0.3 is 0 Å². The number of hydrogen-bond acceptors (Lipinski definition) is 5. The molecule has 0 saturated heterocycles. The summed E-state index contributed by atoms with van der Waals surface area (Å²) in [6, 6.07) is 11.1. The Morgan fingerprint density at radius 1 is 1.08 bits per heavy atom. The zero-order valence-corrected chi connectivity index (χ0v) is 14.6. The van der Waals surface area contributed by atoms with Gasteiger partial charge in [-0.3, -0.25) is 4.79 Å². The fourth-order valence-electron chi connectivity index (χ4n) is 3.09. The number of aromatic nitrogens is 5. The van der Waals surface area contributed by atoms with Crippen molar-refractivity contribution in [2.75, 3.05) is 0 Å². The summed E-state index contributed by atoms with van der Waals surface area (Å²) in [5.74, 6) is 0. The molecule has 0 saturated carbocycles. The van der Waals surface area contributed by atoms with E-state index in [1.54, 1.807) is 24.5 Å². The molecule has 0 aliphatic heterocycles. The van der Waals surface area contributed by atoms with Crippen molar-refractivity contribution in [3.05, 3.63) is 64.2 Å². The zero-order valence-electron chi connectivity index (χ0n) is 14.6. The van der Waals surface area contributed by atoms with Gasteiger partial charge in [0.2, 0.25) is 0 Å². The molecular formula is C19H19N5O2. The summed E-state index contributed by atoms with van der Waals surface area (Å²) >= 11 is 0. The van der Waals surface area contributed by atoms with Gasteiger partial charge in [0.25, 0.3) is 5.56 Å². The fourth-order valence-corrected chi connectivity index (χ4v) is 3.09. The Morgan fingerprint density at radius 3 is 2.69 bits per heavy atom. The number of aliphatic hydroxyl groups is 1. The average molecular weight is 349 g/mol. The second-order valence-corrected chi connectivity index (χ2v) is 6.57. The van der Waals surface area contributed by atoms with Crippen molar-refractivity contribution in [3.8, 4) is 0 Å². The first kappa shape index (κ1) is 16.4. The van der Waals surface area contributed by atoms with Gasteiger partial charge in [-0.15, -0.1) is 5.10 Å². The van der Waals surface area contributed by atoms with Crippen molar-refractivity contribution >= 4 is 21.9 Å². The Kier molecular flexibility index (Phi) is 4.00. The van der Waals surface area contributed by atoms with Gasteiger partial charge in [-0.05, 0) is 49.2 Å². The van der Waals surface area contributed by atoms with Crippen LogP contribution in [0.2, 0.25) is 0 Å². The highest BCUT2D eigenvalue weighted by Gasteiger charge is 2.13. The Bertz CT molecular complexity index is 1160. The maximum atomic E-state index is 12.5. The molecule has 2 aromatic heterocycles. The summed E-state index contributed by atoms with van der Waals surface area (Å²) in [5, 5.41) is 19.0. The molecule has 7 nitrogen and oxygen atoms in total. The molecule has 0 bridgehead atoms. The number of aliphatic hydroxyl groups excluding tert-OH is 1. The topological polar surface area (TPSA) is 85.8 Å². The molecule has 4 aromatic rings. The first-order chi connectivity index (χ1) is 12.5. The summed E-state index contributed by atoms with van der Waals surface area (Å²) in [5.41, 5.74) is 4.50. The lowest BCUT2D eigenvalue weighted by Gasteiger charge is -2.13. The Balaban J connectivity index is 1.60. The molecule has 4 rings (SSSR count).